The number of carbonyl (C=O) groups is 1. The zero-order valence-corrected chi connectivity index (χ0v) is 11.5. The Hall–Kier alpha value is -1.78. The molecule has 98 valence electrons. The largest absolute Gasteiger partial charge is 0.478 e. The number of carboxylic acids is 1. The molecule has 2 N–H and O–H groups in total. The molecule has 4 nitrogen and oxygen atoms in total. The number of nitrogens with zero attached hydrogens (tertiary/aromatic N) is 1. The van der Waals surface area contributed by atoms with Gasteiger partial charge in [-0.25, -0.2) is 4.79 Å². The molecule has 1 aromatic carbocycles. The number of benzene rings is 1. The van der Waals surface area contributed by atoms with Crippen molar-refractivity contribution in [3.63, 3.8) is 0 Å². The molecule has 0 unspecified atom stereocenters. The van der Waals surface area contributed by atoms with Crippen LogP contribution < -0.4 is 5.32 Å². The highest BCUT2D eigenvalue weighted by Gasteiger charge is 2.12. The third-order valence-corrected chi connectivity index (χ3v) is 3.03. The Morgan fingerprint density at radius 2 is 2.00 bits per heavy atom. The Morgan fingerprint density at radius 1 is 1.26 bits per heavy atom. The molecular formula is C13H10Cl2N2O2. The second-order valence-electron chi connectivity index (χ2n) is 3.93. The number of hydrogen-bond acceptors (Lipinski definition) is 3. The van der Waals surface area contributed by atoms with E-state index in [1.54, 1.807) is 31.2 Å². The second kappa shape index (κ2) is 5.47. The van der Waals surface area contributed by atoms with E-state index in [4.69, 9.17) is 28.3 Å². The summed E-state index contributed by atoms with van der Waals surface area (Å²) in [5.41, 5.74) is 1.73. The van der Waals surface area contributed by atoms with Crippen molar-refractivity contribution in [3.8, 4) is 0 Å². The number of pyridine rings is 1. The van der Waals surface area contributed by atoms with Crippen molar-refractivity contribution in [2.75, 3.05) is 5.32 Å². The summed E-state index contributed by atoms with van der Waals surface area (Å²) in [4.78, 5) is 15.1. The molecule has 0 aliphatic carbocycles. The van der Waals surface area contributed by atoms with Crippen molar-refractivity contribution in [1.29, 1.82) is 0 Å². The number of halogens is 2. The normalized spacial score (nSPS) is 10.3. The van der Waals surface area contributed by atoms with Gasteiger partial charge < -0.3 is 10.4 Å². The summed E-state index contributed by atoms with van der Waals surface area (Å²) in [7, 11) is 0. The average Bonchev–Trinajstić information content (AvgIpc) is 2.33. The van der Waals surface area contributed by atoms with Crippen LogP contribution in [0.4, 0.5) is 11.4 Å². The monoisotopic (exact) mass is 296 g/mol. The highest BCUT2D eigenvalue weighted by molar-refractivity contribution is 6.35. The predicted octanol–water partition coefficient (Wildman–Crippen LogP) is 4.14. The molecule has 2 aromatic rings. The number of rotatable bonds is 3. The molecule has 0 spiro atoms. The van der Waals surface area contributed by atoms with E-state index >= 15 is 0 Å². The first kappa shape index (κ1) is 13.6. The zero-order valence-electron chi connectivity index (χ0n) is 9.95. The van der Waals surface area contributed by atoms with Gasteiger partial charge in [-0.2, -0.15) is 0 Å². The van der Waals surface area contributed by atoms with Crippen LogP contribution in [0, 0.1) is 6.92 Å². The van der Waals surface area contributed by atoms with Crippen LogP contribution >= 0.6 is 23.2 Å². The SMILES string of the molecule is Cc1cc(Nc2cc(Cl)ccc2Cl)c(C(=O)O)cn1. The maximum Gasteiger partial charge on any atom is 0.339 e. The van der Waals surface area contributed by atoms with Gasteiger partial charge in [0.1, 0.15) is 5.56 Å². The van der Waals surface area contributed by atoms with E-state index in [1.165, 1.54) is 6.20 Å². The lowest BCUT2D eigenvalue weighted by atomic mass is 10.2. The van der Waals surface area contributed by atoms with Gasteiger partial charge in [-0.05, 0) is 31.2 Å². The second-order valence-corrected chi connectivity index (χ2v) is 4.77. The van der Waals surface area contributed by atoms with Crippen molar-refractivity contribution in [2.24, 2.45) is 0 Å². The number of hydrogen-bond donors (Lipinski definition) is 2. The fourth-order valence-corrected chi connectivity index (χ4v) is 1.91. The summed E-state index contributed by atoms with van der Waals surface area (Å²) in [5, 5.41) is 13.0. The first-order valence-corrected chi connectivity index (χ1v) is 6.15. The molecule has 0 aliphatic rings. The molecule has 0 saturated carbocycles. The number of aromatic carboxylic acids is 1. The quantitative estimate of drug-likeness (QED) is 0.893. The Morgan fingerprint density at radius 3 is 2.68 bits per heavy atom. The topological polar surface area (TPSA) is 62.2 Å². The van der Waals surface area contributed by atoms with Crippen molar-refractivity contribution in [1.82, 2.24) is 4.98 Å². The number of aromatic nitrogens is 1. The van der Waals surface area contributed by atoms with Gasteiger partial charge in [0.05, 0.1) is 16.4 Å². The molecule has 0 saturated heterocycles. The molecule has 0 radical (unpaired) electrons. The Kier molecular flexibility index (Phi) is 3.93. The van der Waals surface area contributed by atoms with E-state index < -0.39 is 5.97 Å². The highest BCUT2D eigenvalue weighted by Crippen LogP contribution is 2.29. The van der Waals surface area contributed by atoms with E-state index in [0.717, 1.165) is 0 Å². The maximum atomic E-state index is 11.1. The molecule has 1 aromatic heterocycles. The standard InChI is InChI=1S/C13H10Cl2N2O2/c1-7-4-11(9(6-16-7)13(18)19)17-12-5-8(14)2-3-10(12)15/h2-6H,1H3,(H,16,17)(H,18,19). The van der Waals surface area contributed by atoms with Crippen LogP contribution in [0.1, 0.15) is 16.1 Å². The van der Waals surface area contributed by atoms with Gasteiger partial charge in [0, 0.05) is 16.9 Å². The summed E-state index contributed by atoms with van der Waals surface area (Å²) in [6.45, 7) is 1.77. The molecule has 0 amide bonds. The van der Waals surface area contributed by atoms with Crippen molar-refractivity contribution in [2.45, 2.75) is 6.92 Å². The van der Waals surface area contributed by atoms with Gasteiger partial charge in [0.2, 0.25) is 0 Å². The average molecular weight is 297 g/mol. The van der Waals surface area contributed by atoms with Crippen LogP contribution in [-0.2, 0) is 0 Å². The van der Waals surface area contributed by atoms with Gasteiger partial charge >= 0.3 is 5.97 Å². The number of carboxylic acid groups (broad SMARTS) is 1. The zero-order chi connectivity index (χ0) is 14.0. The highest BCUT2D eigenvalue weighted by atomic mass is 35.5. The molecule has 0 bridgehead atoms. The molecule has 1 heterocycles. The van der Waals surface area contributed by atoms with E-state index in [0.29, 0.717) is 27.1 Å². The summed E-state index contributed by atoms with van der Waals surface area (Å²) >= 11 is 11.9. The molecule has 19 heavy (non-hydrogen) atoms. The van der Waals surface area contributed by atoms with Gasteiger partial charge in [-0.15, -0.1) is 0 Å². The summed E-state index contributed by atoms with van der Waals surface area (Å²) < 4.78 is 0. The van der Waals surface area contributed by atoms with Crippen molar-refractivity contribution >= 4 is 40.5 Å². The summed E-state index contributed by atoms with van der Waals surface area (Å²) in [6, 6.07) is 6.57. The van der Waals surface area contributed by atoms with E-state index in [1.807, 2.05) is 0 Å². The number of aryl methyl sites for hydroxylation is 1. The molecule has 0 fully saturated rings. The first-order chi connectivity index (χ1) is 8.97. The molecular weight excluding hydrogens is 287 g/mol. The van der Waals surface area contributed by atoms with E-state index in [-0.39, 0.29) is 5.56 Å². The van der Waals surface area contributed by atoms with Crippen molar-refractivity contribution < 1.29 is 9.90 Å². The lowest BCUT2D eigenvalue weighted by Crippen LogP contribution is -2.04. The number of nitrogens with one attached hydrogen (secondary N) is 1. The minimum absolute atomic E-state index is 0.0710. The van der Waals surface area contributed by atoms with Crippen LogP contribution in [0.5, 0.6) is 0 Å². The molecule has 2 rings (SSSR count). The lowest BCUT2D eigenvalue weighted by molar-refractivity contribution is 0.0697. The Balaban J connectivity index is 2.45. The van der Waals surface area contributed by atoms with Crippen LogP contribution in [-0.4, -0.2) is 16.1 Å². The molecule has 6 heteroatoms. The Labute approximate surface area is 120 Å². The minimum atomic E-state index is -1.06. The lowest BCUT2D eigenvalue weighted by Gasteiger charge is -2.11. The van der Waals surface area contributed by atoms with Crippen molar-refractivity contribution in [3.05, 3.63) is 51.8 Å². The third kappa shape index (κ3) is 3.16. The van der Waals surface area contributed by atoms with E-state index in [2.05, 4.69) is 10.3 Å². The fourth-order valence-electron chi connectivity index (χ4n) is 1.57. The maximum absolute atomic E-state index is 11.1. The molecule has 0 aliphatic heterocycles. The minimum Gasteiger partial charge on any atom is -0.478 e. The van der Waals surface area contributed by atoms with Gasteiger partial charge in [-0.3, -0.25) is 4.98 Å². The van der Waals surface area contributed by atoms with E-state index in [9.17, 15) is 4.79 Å². The Bertz CT molecular complexity index is 645. The molecule has 0 atom stereocenters. The predicted molar refractivity (Wildman–Crippen MR) is 75.7 cm³/mol. The van der Waals surface area contributed by atoms with Crippen LogP contribution in [0.2, 0.25) is 10.0 Å². The van der Waals surface area contributed by atoms with Crippen LogP contribution in [0.25, 0.3) is 0 Å². The van der Waals surface area contributed by atoms with Crippen LogP contribution in [0.3, 0.4) is 0 Å². The number of anilines is 2. The van der Waals surface area contributed by atoms with Crippen LogP contribution in [0.15, 0.2) is 30.5 Å². The van der Waals surface area contributed by atoms with Gasteiger partial charge in [-0.1, -0.05) is 23.2 Å². The van der Waals surface area contributed by atoms with Gasteiger partial charge in [0.25, 0.3) is 0 Å². The summed E-state index contributed by atoms with van der Waals surface area (Å²) in [6.07, 6.45) is 1.30. The third-order valence-electron chi connectivity index (χ3n) is 2.47. The van der Waals surface area contributed by atoms with Gasteiger partial charge in [0.15, 0.2) is 0 Å². The first-order valence-electron chi connectivity index (χ1n) is 5.39. The summed E-state index contributed by atoms with van der Waals surface area (Å²) in [5.74, 6) is -1.06. The smallest absolute Gasteiger partial charge is 0.339 e. The fraction of sp³-hybridized carbons (Fsp3) is 0.0769.